The monoisotopic (exact) mass is 421 g/mol. The second-order valence-corrected chi connectivity index (χ2v) is 9.39. The first-order valence-electron chi connectivity index (χ1n) is 9.09. The van der Waals surface area contributed by atoms with Gasteiger partial charge in [-0.1, -0.05) is 29.8 Å². The molecule has 1 aliphatic rings. The minimum atomic E-state index is -3.60. The average Bonchev–Trinajstić information content (AvgIpc) is 2.63. The van der Waals surface area contributed by atoms with E-state index in [1.54, 1.807) is 43.3 Å². The molecule has 6 nitrogen and oxygen atoms in total. The van der Waals surface area contributed by atoms with Crippen LogP contribution in [0.4, 0.5) is 5.69 Å². The van der Waals surface area contributed by atoms with Gasteiger partial charge in [-0.3, -0.25) is 4.79 Å². The molecule has 3 rings (SSSR count). The van der Waals surface area contributed by atoms with Crippen LogP contribution in [0.15, 0.2) is 47.4 Å². The molecule has 1 saturated heterocycles. The maximum Gasteiger partial charge on any atom is 0.243 e. The molecule has 0 radical (unpaired) electrons. The molecule has 1 fully saturated rings. The summed E-state index contributed by atoms with van der Waals surface area (Å²) in [6, 6.07) is 12.1. The summed E-state index contributed by atoms with van der Waals surface area (Å²) in [5.74, 6) is -0.228. The van der Waals surface area contributed by atoms with Crippen LogP contribution >= 0.6 is 11.6 Å². The van der Waals surface area contributed by atoms with Crippen LogP contribution in [0.1, 0.15) is 11.1 Å². The van der Waals surface area contributed by atoms with E-state index >= 15 is 0 Å². The van der Waals surface area contributed by atoms with Gasteiger partial charge in [0, 0.05) is 36.9 Å². The maximum atomic E-state index is 13.1. The Morgan fingerprint density at radius 3 is 2.50 bits per heavy atom. The highest BCUT2D eigenvalue weighted by Gasteiger charge is 2.29. The molecule has 0 bridgehead atoms. The summed E-state index contributed by atoms with van der Waals surface area (Å²) < 4.78 is 27.6. The van der Waals surface area contributed by atoms with Gasteiger partial charge >= 0.3 is 0 Å². The number of aryl methyl sites for hydroxylation is 1. The number of rotatable bonds is 5. The fourth-order valence-electron chi connectivity index (χ4n) is 3.16. The third-order valence-electron chi connectivity index (χ3n) is 4.81. The maximum absolute atomic E-state index is 13.1. The zero-order valence-corrected chi connectivity index (χ0v) is 17.6. The zero-order valence-electron chi connectivity index (χ0n) is 16.0. The van der Waals surface area contributed by atoms with Crippen molar-refractivity contribution in [3.63, 3.8) is 0 Å². The SMILES string of the molecule is Cc1ccc(NC(=O)Cc2cccc(Cl)c2)cc1S(=O)(=O)N1CCN(C)CC1. The van der Waals surface area contributed by atoms with Crippen LogP contribution in [0.25, 0.3) is 0 Å². The van der Waals surface area contributed by atoms with Crippen LogP contribution in [-0.4, -0.2) is 56.8 Å². The van der Waals surface area contributed by atoms with Crippen LogP contribution < -0.4 is 5.32 Å². The molecule has 0 spiro atoms. The van der Waals surface area contributed by atoms with Crippen molar-refractivity contribution in [3.8, 4) is 0 Å². The number of anilines is 1. The lowest BCUT2D eigenvalue weighted by Crippen LogP contribution is -2.47. The highest BCUT2D eigenvalue weighted by molar-refractivity contribution is 7.89. The highest BCUT2D eigenvalue weighted by atomic mass is 35.5. The lowest BCUT2D eigenvalue weighted by molar-refractivity contribution is -0.115. The number of halogens is 1. The van der Waals surface area contributed by atoms with Gasteiger partial charge in [0.2, 0.25) is 15.9 Å². The topological polar surface area (TPSA) is 69.7 Å². The second kappa shape index (κ2) is 8.61. The predicted molar refractivity (Wildman–Crippen MR) is 111 cm³/mol. The minimum Gasteiger partial charge on any atom is -0.326 e. The van der Waals surface area contributed by atoms with E-state index in [1.807, 2.05) is 13.1 Å². The molecule has 0 atom stereocenters. The average molecular weight is 422 g/mol. The van der Waals surface area contributed by atoms with E-state index in [9.17, 15) is 13.2 Å². The highest BCUT2D eigenvalue weighted by Crippen LogP contribution is 2.24. The third kappa shape index (κ3) is 4.91. The number of nitrogens with one attached hydrogen (secondary N) is 1. The van der Waals surface area contributed by atoms with Crippen LogP contribution in [0.3, 0.4) is 0 Å². The van der Waals surface area contributed by atoms with Gasteiger partial charge in [0.05, 0.1) is 11.3 Å². The Bertz CT molecular complexity index is 970. The molecule has 2 aromatic rings. The molecule has 0 unspecified atom stereocenters. The molecule has 2 aromatic carbocycles. The van der Waals surface area contributed by atoms with Gasteiger partial charge in [-0.25, -0.2) is 8.42 Å². The molecule has 1 amide bonds. The molecule has 150 valence electrons. The molecular formula is C20H24ClN3O3S. The number of sulfonamides is 1. The molecule has 0 saturated carbocycles. The number of nitrogens with zero attached hydrogens (tertiary/aromatic N) is 2. The Labute approximate surface area is 171 Å². The first-order valence-corrected chi connectivity index (χ1v) is 10.9. The number of piperazine rings is 1. The van der Waals surface area contributed by atoms with Crippen molar-refractivity contribution in [3.05, 3.63) is 58.6 Å². The number of carbonyl (C=O) groups excluding carboxylic acids is 1. The van der Waals surface area contributed by atoms with Crippen molar-refractivity contribution in [2.75, 3.05) is 38.5 Å². The third-order valence-corrected chi connectivity index (χ3v) is 7.08. The molecule has 28 heavy (non-hydrogen) atoms. The van der Waals surface area contributed by atoms with E-state index in [4.69, 9.17) is 11.6 Å². The van der Waals surface area contributed by atoms with Gasteiger partial charge < -0.3 is 10.2 Å². The summed E-state index contributed by atoms with van der Waals surface area (Å²) in [4.78, 5) is 14.7. The van der Waals surface area contributed by atoms with Crippen LogP contribution in [0.2, 0.25) is 5.02 Å². The fourth-order valence-corrected chi connectivity index (χ4v) is 5.05. The van der Waals surface area contributed by atoms with Crippen molar-refractivity contribution < 1.29 is 13.2 Å². The summed E-state index contributed by atoms with van der Waals surface area (Å²) in [6.45, 7) is 4.09. The number of amides is 1. The van der Waals surface area contributed by atoms with Gasteiger partial charge in [0.1, 0.15) is 0 Å². The normalized spacial score (nSPS) is 16.1. The van der Waals surface area contributed by atoms with Crippen LogP contribution in [-0.2, 0) is 21.2 Å². The number of benzene rings is 2. The van der Waals surface area contributed by atoms with Crippen LogP contribution in [0, 0.1) is 6.92 Å². The summed E-state index contributed by atoms with van der Waals surface area (Å²) >= 11 is 5.95. The lowest BCUT2D eigenvalue weighted by atomic mass is 10.1. The number of likely N-dealkylation sites (N-methyl/N-ethyl adjacent to an activating group) is 1. The summed E-state index contributed by atoms with van der Waals surface area (Å²) in [5, 5.41) is 3.36. The van der Waals surface area contributed by atoms with E-state index in [0.29, 0.717) is 42.5 Å². The van der Waals surface area contributed by atoms with Gasteiger partial charge in [-0.15, -0.1) is 0 Å². The van der Waals surface area contributed by atoms with E-state index in [1.165, 1.54) is 4.31 Å². The Balaban J connectivity index is 1.76. The molecule has 0 aliphatic carbocycles. The number of hydrogen-bond donors (Lipinski definition) is 1. The molecule has 8 heteroatoms. The molecule has 0 aromatic heterocycles. The van der Waals surface area contributed by atoms with E-state index in [0.717, 1.165) is 5.56 Å². The zero-order chi connectivity index (χ0) is 20.3. The fraction of sp³-hybridized carbons (Fsp3) is 0.350. The molecule has 1 aliphatic heterocycles. The van der Waals surface area contributed by atoms with E-state index in [-0.39, 0.29) is 17.2 Å². The molecule has 1 heterocycles. The van der Waals surface area contributed by atoms with Crippen molar-refractivity contribution >= 4 is 33.2 Å². The lowest BCUT2D eigenvalue weighted by Gasteiger charge is -2.32. The smallest absolute Gasteiger partial charge is 0.243 e. The summed E-state index contributed by atoms with van der Waals surface area (Å²) in [6.07, 6.45) is 0.162. The molecular weight excluding hydrogens is 398 g/mol. The van der Waals surface area contributed by atoms with Gasteiger partial charge in [0.25, 0.3) is 0 Å². The minimum absolute atomic E-state index is 0.162. The Morgan fingerprint density at radius 2 is 1.82 bits per heavy atom. The largest absolute Gasteiger partial charge is 0.326 e. The summed E-state index contributed by atoms with van der Waals surface area (Å²) in [7, 11) is -1.62. The van der Waals surface area contributed by atoms with E-state index in [2.05, 4.69) is 10.2 Å². The Kier molecular flexibility index (Phi) is 6.40. The van der Waals surface area contributed by atoms with Crippen molar-refractivity contribution in [2.24, 2.45) is 0 Å². The number of hydrogen-bond acceptors (Lipinski definition) is 4. The first kappa shape index (κ1) is 20.8. The first-order chi connectivity index (χ1) is 13.3. The van der Waals surface area contributed by atoms with Crippen molar-refractivity contribution in [1.29, 1.82) is 0 Å². The predicted octanol–water partition coefficient (Wildman–Crippen LogP) is 2.77. The molecule has 1 N–H and O–H groups in total. The Hall–Kier alpha value is -1.93. The van der Waals surface area contributed by atoms with Gasteiger partial charge in [0.15, 0.2) is 0 Å². The van der Waals surface area contributed by atoms with Gasteiger partial charge in [-0.05, 0) is 49.4 Å². The Morgan fingerprint density at radius 1 is 1.11 bits per heavy atom. The van der Waals surface area contributed by atoms with Crippen LogP contribution in [0.5, 0.6) is 0 Å². The van der Waals surface area contributed by atoms with E-state index < -0.39 is 10.0 Å². The second-order valence-electron chi connectivity index (χ2n) is 7.04. The van der Waals surface area contributed by atoms with Crippen molar-refractivity contribution in [1.82, 2.24) is 9.21 Å². The van der Waals surface area contributed by atoms with Crippen molar-refractivity contribution in [2.45, 2.75) is 18.2 Å². The summed E-state index contributed by atoms with van der Waals surface area (Å²) in [5.41, 5.74) is 1.92. The standard InChI is InChI=1S/C20H24ClN3O3S/c1-15-6-7-18(22-20(25)13-16-4-3-5-17(21)12-16)14-19(15)28(26,27)24-10-8-23(2)9-11-24/h3-7,12,14H,8-11,13H2,1-2H3,(H,22,25). The van der Waals surface area contributed by atoms with Gasteiger partial charge in [-0.2, -0.15) is 4.31 Å². The number of carbonyl (C=O) groups is 1. The quantitative estimate of drug-likeness (QED) is 0.805.